The van der Waals surface area contributed by atoms with Crippen LogP contribution in [0.15, 0.2) is 0 Å². The molecule has 182 valence electrons. The summed E-state index contributed by atoms with van der Waals surface area (Å²) in [6, 6.07) is 0. The van der Waals surface area contributed by atoms with Crippen molar-refractivity contribution in [3.05, 3.63) is 0 Å². The van der Waals surface area contributed by atoms with E-state index >= 15 is 0 Å². The average Bonchev–Trinajstić information content (AvgIpc) is 2.69. The molecule has 0 aromatic heterocycles. The number of ether oxygens (including phenoxy) is 5. The van der Waals surface area contributed by atoms with Crippen molar-refractivity contribution in [1.29, 1.82) is 0 Å². The van der Waals surface area contributed by atoms with Crippen LogP contribution in [0.4, 0.5) is 0 Å². The monoisotopic (exact) mass is 511 g/mol. The molecule has 31 heavy (non-hydrogen) atoms. The maximum absolute atomic E-state index is 12.2. The highest BCUT2D eigenvalue weighted by molar-refractivity contribution is 5.71. The van der Waals surface area contributed by atoms with Crippen molar-refractivity contribution >= 4 is 17.9 Å². The fourth-order valence-corrected chi connectivity index (χ4v) is 3.00. The van der Waals surface area contributed by atoms with Crippen molar-refractivity contribution in [3.8, 4) is 0 Å². The third-order valence-electron chi connectivity index (χ3n) is 4.49. The molecule has 0 radical (unpaired) electrons. The van der Waals surface area contributed by atoms with E-state index in [9.17, 15) is 14.4 Å². The summed E-state index contributed by atoms with van der Waals surface area (Å²) >= 11 is 0. The molecule has 1 saturated heterocycles. The molecule has 9 nitrogen and oxygen atoms in total. The van der Waals surface area contributed by atoms with E-state index in [1.807, 2.05) is 20.8 Å². The molecule has 0 aromatic carbocycles. The Labute approximate surface area is 195 Å². The second-order valence-corrected chi connectivity index (χ2v) is 7.32. The minimum Gasteiger partial charge on any atom is -1.00 e. The van der Waals surface area contributed by atoms with E-state index in [1.54, 1.807) is 0 Å². The Hall–Kier alpha value is -1.23. The fraction of sp³-hybridized carbons (Fsp3) is 0.857. The molecule has 1 aliphatic heterocycles. The summed E-state index contributed by atoms with van der Waals surface area (Å²) in [5.74, 6) is -1.32. The summed E-state index contributed by atoms with van der Waals surface area (Å²) in [6.07, 6.45) is 0.364. The van der Waals surface area contributed by atoms with Crippen LogP contribution in [0, 0.1) is 0 Å². The Morgan fingerprint density at radius 2 is 1.35 bits per heavy atom. The van der Waals surface area contributed by atoms with Crippen molar-refractivity contribution in [2.75, 3.05) is 19.8 Å². The van der Waals surface area contributed by atoms with Crippen LogP contribution in [0.5, 0.6) is 0 Å². The summed E-state index contributed by atoms with van der Waals surface area (Å²) in [7, 11) is 0. The summed E-state index contributed by atoms with van der Waals surface area (Å²) in [6.45, 7) is 6.74. The van der Waals surface area contributed by atoms with Gasteiger partial charge < -0.3 is 46.4 Å². The SMILES string of the molecule is CCCC(=O)O[C@@H]1[C@@H](OC(=O)CCC)[C@@H](OCCCC[NH3+])OC[C@@H]1OC(=O)CCC.[Br-]. The first kappa shape index (κ1) is 29.8. The summed E-state index contributed by atoms with van der Waals surface area (Å²) in [5, 5.41) is 0. The van der Waals surface area contributed by atoms with Gasteiger partial charge in [-0.3, -0.25) is 14.4 Å². The van der Waals surface area contributed by atoms with Crippen molar-refractivity contribution in [2.24, 2.45) is 0 Å². The highest BCUT2D eigenvalue weighted by Gasteiger charge is 2.48. The van der Waals surface area contributed by atoms with E-state index in [1.165, 1.54) is 0 Å². The molecule has 0 bridgehead atoms. The van der Waals surface area contributed by atoms with Gasteiger partial charge in [-0.25, -0.2) is 0 Å². The number of halogens is 1. The van der Waals surface area contributed by atoms with Crippen LogP contribution in [0.3, 0.4) is 0 Å². The second-order valence-electron chi connectivity index (χ2n) is 7.32. The van der Waals surface area contributed by atoms with Gasteiger partial charge in [0.1, 0.15) is 0 Å². The predicted octanol–water partition coefficient (Wildman–Crippen LogP) is -1.48. The molecular weight excluding hydrogens is 474 g/mol. The minimum absolute atomic E-state index is 0. The molecule has 10 heteroatoms. The van der Waals surface area contributed by atoms with Gasteiger partial charge in [-0.2, -0.15) is 0 Å². The molecule has 3 N–H and O–H groups in total. The topological polar surface area (TPSA) is 125 Å². The molecular formula is C21H38BrNO8. The Kier molecular flexibility index (Phi) is 16.7. The molecule has 0 amide bonds. The third kappa shape index (κ3) is 11.3. The van der Waals surface area contributed by atoms with Gasteiger partial charge >= 0.3 is 17.9 Å². The number of unbranched alkanes of at least 4 members (excludes halogenated alkanes) is 1. The van der Waals surface area contributed by atoms with Gasteiger partial charge in [0, 0.05) is 19.3 Å². The number of hydrogen-bond donors (Lipinski definition) is 1. The predicted molar refractivity (Wildman–Crippen MR) is 107 cm³/mol. The van der Waals surface area contributed by atoms with Crippen LogP contribution in [-0.2, 0) is 38.1 Å². The Balaban J connectivity index is 0.00000900. The van der Waals surface area contributed by atoms with E-state index in [4.69, 9.17) is 23.7 Å². The second kappa shape index (κ2) is 17.3. The van der Waals surface area contributed by atoms with Gasteiger partial charge in [0.15, 0.2) is 24.6 Å². The normalized spacial score (nSPS) is 22.8. The fourth-order valence-electron chi connectivity index (χ4n) is 3.00. The molecule has 4 atom stereocenters. The number of carbonyl (C=O) groups is 3. The third-order valence-corrected chi connectivity index (χ3v) is 4.49. The lowest BCUT2D eigenvalue weighted by atomic mass is 10.0. The minimum atomic E-state index is -1.02. The van der Waals surface area contributed by atoms with Crippen LogP contribution < -0.4 is 22.7 Å². The number of hydrogen-bond acceptors (Lipinski definition) is 8. The highest BCUT2D eigenvalue weighted by Crippen LogP contribution is 2.26. The molecule has 1 heterocycles. The lowest BCUT2D eigenvalue weighted by Crippen LogP contribution is -3.00. The first-order valence-electron chi connectivity index (χ1n) is 11.1. The zero-order chi connectivity index (χ0) is 22.4. The van der Waals surface area contributed by atoms with E-state index in [0.717, 1.165) is 19.4 Å². The Bertz CT molecular complexity index is 534. The number of quaternary nitrogens is 1. The summed E-state index contributed by atoms with van der Waals surface area (Å²) in [5.41, 5.74) is 3.80. The molecule has 0 unspecified atom stereocenters. The van der Waals surface area contributed by atoms with Crippen molar-refractivity contribution in [2.45, 2.75) is 96.7 Å². The van der Waals surface area contributed by atoms with Crippen LogP contribution in [0.1, 0.15) is 72.1 Å². The molecule has 1 aliphatic rings. The maximum Gasteiger partial charge on any atom is 0.306 e. The van der Waals surface area contributed by atoms with Gasteiger partial charge in [-0.15, -0.1) is 0 Å². The lowest BCUT2D eigenvalue weighted by Gasteiger charge is -2.40. The van der Waals surface area contributed by atoms with Crippen LogP contribution in [0.2, 0.25) is 0 Å². The molecule has 0 aromatic rings. The number of carbonyl (C=O) groups excluding carboxylic acids is 3. The molecule has 0 saturated carbocycles. The van der Waals surface area contributed by atoms with E-state index < -0.39 is 42.5 Å². The number of rotatable bonds is 14. The smallest absolute Gasteiger partial charge is 0.306 e. The number of esters is 3. The van der Waals surface area contributed by atoms with Gasteiger partial charge in [0.05, 0.1) is 19.8 Å². The Morgan fingerprint density at radius 1 is 0.839 bits per heavy atom. The quantitative estimate of drug-likeness (QED) is 0.170. The van der Waals surface area contributed by atoms with Crippen molar-refractivity contribution < 1.29 is 60.8 Å². The van der Waals surface area contributed by atoms with Gasteiger partial charge in [-0.05, 0) is 32.1 Å². The zero-order valence-electron chi connectivity index (χ0n) is 18.9. The van der Waals surface area contributed by atoms with E-state index in [2.05, 4.69) is 5.73 Å². The highest BCUT2D eigenvalue weighted by atomic mass is 79.9. The lowest BCUT2D eigenvalue weighted by molar-refractivity contribution is -0.369. The molecule has 0 aliphatic carbocycles. The summed E-state index contributed by atoms with van der Waals surface area (Å²) < 4.78 is 28.2. The first-order valence-corrected chi connectivity index (χ1v) is 11.1. The zero-order valence-corrected chi connectivity index (χ0v) is 20.5. The van der Waals surface area contributed by atoms with E-state index in [-0.39, 0.29) is 42.9 Å². The maximum atomic E-state index is 12.2. The van der Waals surface area contributed by atoms with Crippen LogP contribution in [0.25, 0.3) is 0 Å². The molecule has 1 rings (SSSR count). The van der Waals surface area contributed by atoms with Crippen molar-refractivity contribution in [1.82, 2.24) is 0 Å². The molecule has 0 spiro atoms. The van der Waals surface area contributed by atoms with Crippen LogP contribution >= 0.6 is 0 Å². The van der Waals surface area contributed by atoms with Gasteiger partial charge in [0.25, 0.3) is 0 Å². The summed E-state index contributed by atoms with van der Waals surface area (Å²) in [4.78, 5) is 36.5. The van der Waals surface area contributed by atoms with Gasteiger partial charge in [0.2, 0.25) is 0 Å². The average molecular weight is 512 g/mol. The van der Waals surface area contributed by atoms with E-state index in [0.29, 0.717) is 25.9 Å². The van der Waals surface area contributed by atoms with Crippen molar-refractivity contribution in [3.63, 3.8) is 0 Å². The van der Waals surface area contributed by atoms with Crippen LogP contribution in [-0.4, -0.2) is 62.3 Å². The van der Waals surface area contributed by atoms with Gasteiger partial charge in [-0.1, -0.05) is 20.8 Å². The Morgan fingerprint density at radius 3 is 1.87 bits per heavy atom. The largest absolute Gasteiger partial charge is 1.00 e. The first-order chi connectivity index (χ1) is 14.5. The standard InChI is InChI=1S/C21H37NO8.BrH/c1-4-9-16(23)28-15-14-27-21(26-13-8-7-12-22)20(30-18(25)11-6-3)19(15)29-17(24)10-5-2;/h15,19-21H,4-14,22H2,1-3H3;1H/t15-,19-,20+,21-;/m0./s1. The molecule has 1 fully saturated rings.